The van der Waals surface area contributed by atoms with Gasteiger partial charge in [0.15, 0.2) is 10.6 Å². The van der Waals surface area contributed by atoms with Gasteiger partial charge in [0.1, 0.15) is 5.01 Å². The smallest absolute Gasteiger partial charge is 0.303 e. The number of hydrogen-bond donors (Lipinski definition) is 3. The number of nitrogens with zero attached hydrogens (tertiary/aromatic N) is 2. The van der Waals surface area contributed by atoms with Crippen LogP contribution in [0, 0.1) is 12.8 Å². The van der Waals surface area contributed by atoms with Crippen molar-refractivity contribution in [3.63, 3.8) is 0 Å². The van der Waals surface area contributed by atoms with Crippen molar-refractivity contribution in [2.24, 2.45) is 5.92 Å². The Kier molecular flexibility index (Phi) is 10.8. The standard InChI is InChI=1S/C33H35N3O6S2/c1-20-28(19-43-33-36-35-21(2)44-33)41-32(42-31(20)25-8-6-22(18-37)7-9-25)26-12-10-24(11-13-26)27-5-3-4-23(16-27)17-34-29(38)14-15-30(39)40/h3-13,16,20,28,31-32,37H,14-15,17-19H2,1-2H3,(H,34,38)(H,39,40). The maximum atomic E-state index is 11.9. The summed E-state index contributed by atoms with van der Waals surface area (Å²) in [5.74, 6) is -0.506. The number of amides is 1. The van der Waals surface area contributed by atoms with E-state index in [-0.39, 0.29) is 43.5 Å². The van der Waals surface area contributed by atoms with Crippen molar-refractivity contribution in [2.75, 3.05) is 5.75 Å². The molecular formula is C33H35N3O6S2. The summed E-state index contributed by atoms with van der Waals surface area (Å²) < 4.78 is 14.1. The van der Waals surface area contributed by atoms with Gasteiger partial charge in [-0.25, -0.2) is 0 Å². The minimum Gasteiger partial charge on any atom is -0.481 e. The molecule has 0 spiro atoms. The highest BCUT2D eigenvalue weighted by Crippen LogP contribution is 2.43. The highest BCUT2D eigenvalue weighted by molar-refractivity contribution is 8.01. The lowest BCUT2D eigenvalue weighted by atomic mass is 9.91. The number of carboxylic acids is 1. The average Bonchev–Trinajstić information content (AvgIpc) is 3.47. The maximum Gasteiger partial charge on any atom is 0.303 e. The first kappa shape index (κ1) is 31.8. The van der Waals surface area contributed by atoms with Gasteiger partial charge in [-0.2, -0.15) is 0 Å². The van der Waals surface area contributed by atoms with Crippen LogP contribution in [0.2, 0.25) is 0 Å². The minimum absolute atomic E-state index is 0.00961. The molecule has 0 radical (unpaired) electrons. The normalized spacial score (nSPS) is 19.9. The van der Waals surface area contributed by atoms with Crippen LogP contribution in [0.4, 0.5) is 0 Å². The van der Waals surface area contributed by atoms with E-state index < -0.39 is 12.3 Å². The molecule has 230 valence electrons. The molecule has 0 bridgehead atoms. The van der Waals surface area contributed by atoms with E-state index in [1.165, 1.54) is 0 Å². The quantitative estimate of drug-likeness (QED) is 0.159. The third-order valence-corrected chi connectivity index (χ3v) is 9.56. The molecule has 4 atom stereocenters. The zero-order chi connectivity index (χ0) is 31.1. The number of benzene rings is 3. The predicted molar refractivity (Wildman–Crippen MR) is 169 cm³/mol. The zero-order valence-corrected chi connectivity index (χ0v) is 26.1. The molecule has 4 unspecified atom stereocenters. The lowest BCUT2D eigenvalue weighted by Crippen LogP contribution is -2.38. The molecule has 1 aliphatic heterocycles. The first-order valence-electron chi connectivity index (χ1n) is 14.4. The Morgan fingerprint density at radius 3 is 2.36 bits per heavy atom. The third kappa shape index (κ3) is 8.30. The Hall–Kier alpha value is -3.61. The molecule has 1 aromatic heterocycles. The molecule has 11 heteroatoms. The zero-order valence-electron chi connectivity index (χ0n) is 24.5. The number of ether oxygens (including phenoxy) is 2. The van der Waals surface area contributed by atoms with Gasteiger partial charge < -0.3 is 25.0 Å². The number of aryl methyl sites for hydroxylation is 1. The number of aliphatic carboxylic acids is 1. The molecule has 3 N–H and O–H groups in total. The Balaban J connectivity index is 1.30. The molecular weight excluding hydrogens is 599 g/mol. The number of rotatable bonds is 12. The fourth-order valence-electron chi connectivity index (χ4n) is 5.00. The summed E-state index contributed by atoms with van der Waals surface area (Å²) in [7, 11) is 0. The fraction of sp³-hybridized carbons (Fsp3) is 0.333. The largest absolute Gasteiger partial charge is 0.481 e. The summed E-state index contributed by atoms with van der Waals surface area (Å²) in [4.78, 5) is 22.7. The summed E-state index contributed by atoms with van der Waals surface area (Å²) in [5.41, 5.74) is 5.71. The Morgan fingerprint density at radius 1 is 0.932 bits per heavy atom. The van der Waals surface area contributed by atoms with Crippen molar-refractivity contribution >= 4 is 35.0 Å². The van der Waals surface area contributed by atoms with E-state index in [0.717, 1.165) is 42.7 Å². The van der Waals surface area contributed by atoms with Crippen molar-refractivity contribution in [2.45, 2.75) is 62.7 Å². The molecule has 0 aliphatic carbocycles. The summed E-state index contributed by atoms with van der Waals surface area (Å²) in [6.45, 7) is 4.40. The van der Waals surface area contributed by atoms with E-state index in [2.05, 4.69) is 22.4 Å². The van der Waals surface area contributed by atoms with Crippen molar-refractivity contribution in [3.05, 3.63) is 100 Å². The van der Waals surface area contributed by atoms with Crippen molar-refractivity contribution < 1.29 is 29.3 Å². The lowest BCUT2D eigenvalue weighted by molar-refractivity contribution is -0.268. The molecule has 44 heavy (non-hydrogen) atoms. The average molecular weight is 634 g/mol. The molecule has 5 rings (SSSR count). The van der Waals surface area contributed by atoms with Crippen LogP contribution in [0.5, 0.6) is 0 Å². The number of hydrogen-bond acceptors (Lipinski definition) is 9. The number of aromatic nitrogens is 2. The Morgan fingerprint density at radius 2 is 1.68 bits per heavy atom. The van der Waals surface area contributed by atoms with Crippen LogP contribution in [0.1, 0.15) is 59.4 Å². The van der Waals surface area contributed by atoms with Gasteiger partial charge in [-0.15, -0.1) is 10.2 Å². The minimum atomic E-state index is -0.992. The van der Waals surface area contributed by atoms with E-state index in [1.54, 1.807) is 23.1 Å². The van der Waals surface area contributed by atoms with Crippen LogP contribution in [-0.4, -0.2) is 44.1 Å². The number of thioether (sulfide) groups is 1. The van der Waals surface area contributed by atoms with Gasteiger partial charge in [-0.1, -0.05) is 96.8 Å². The van der Waals surface area contributed by atoms with E-state index in [0.29, 0.717) is 12.3 Å². The highest BCUT2D eigenvalue weighted by Gasteiger charge is 2.38. The molecule has 1 amide bonds. The summed E-state index contributed by atoms with van der Waals surface area (Å²) in [5, 5.41) is 30.4. The van der Waals surface area contributed by atoms with Crippen molar-refractivity contribution in [3.8, 4) is 11.1 Å². The van der Waals surface area contributed by atoms with Gasteiger partial charge in [-0.05, 0) is 40.8 Å². The van der Waals surface area contributed by atoms with Crippen LogP contribution in [0.3, 0.4) is 0 Å². The summed E-state index contributed by atoms with van der Waals surface area (Å²) in [6, 6.07) is 23.8. The number of aliphatic hydroxyl groups is 1. The topological polar surface area (TPSA) is 131 Å². The van der Waals surface area contributed by atoms with Crippen LogP contribution in [-0.2, 0) is 32.2 Å². The van der Waals surface area contributed by atoms with E-state index in [4.69, 9.17) is 14.6 Å². The summed E-state index contributed by atoms with van der Waals surface area (Å²) >= 11 is 3.21. The van der Waals surface area contributed by atoms with Gasteiger partial charge in [0.05, 0.1) is 25.2 Å². The predicted octanol–water partition coefficient (Wildman–Crippen LogP) is 6.07. The molecule has 0 saturated carbocycles. The van der Waals surface area contributed by atoms with Gasteiger partial charge in [-0.3, -0.25) is 9.59 Å². The van der Waals surface area contributed by atoms with Crippen LogP contribution >= 0.6 is 23.1 Å². The van der Waals surface area contributed by atoms with Gasteiger partial charge in [0.2, 0.25) is 5.91 Å². The Labute approximate surface area is 264 Å². The van der Waals surface area contributed by atoms with E-state index in [9.17, 15) is 14.7 Å². The second-order valence-electron chi connectivity index (χ2n) is 10.7. The highest BCUT2D eigenvalue weighted by atomic mass is 32.2. The SMILES string of the molecule is Cc1nnc(SCC2OC(c3ccc(-c4cccc(CNC(=O)CCC(=O)O)c4)cc3)OC(c3ccc(CO)cc3)C2C)s1. The Bertz CT molecular complexity index is 1560. The fourth-order valence-corrected chi connectivity index (χ4v) is 7.01. The molecule has 9 nitrogen and oxygen atoms in total. The molecule has 1 aliphatic rings. The number of nitrogens with one attached hydrogen (secondary N) is 1. The molecule has 2 heterocycles. The molecule has 3 aromatic carbocycles. The summed E-state index contributed by atoms with van der Waals surface area (Å²) in [6.07, 6.45) is -1.11. The number of carboxylic acid groups (broad SMARTS) is 1. The second-order valence-corrected chi connectivity index (χ2v) is 13.2. The van der Waals surface area contributed by atoms with E-state index in [1.807, 2.05) is 79.7 Å². The monoisotopic (exact) mass is 633 g/mol. The molecule has 1 fully saturated rings. The lowest BCUT2D eigenvalue weighted by Gasteiger charge is -2.41. The second kappa shape index (κ2) is 14.9. The third-order valence-electron chi connectivity index (χ3n) is 7.50. The van der Waals surface area contributed by atoms with Crippen molar-refractivity contribution in [1.82, 2.24) is 15.5 Å². The van der Waals surface area contributed by atoms with Crippen LogP contribution in [0.25, 0.3) is 11.1 Å². The van der Waals surface area contributed by atoms with Crippen LogP contribution in [0.15, 0.2) is 77.1 Å². The first-order chi connectivity index (χ1) is 21.3. The van der Waals surface area contributed by atoms with Gasteiger partial charge >= 0.3 is 5.97 Å². The number of aliphatic hydroxyl groups excluding tert-OH is 1. The van der Waals surface area contributed by atoms with E-state index >= 15 is 0 Å². The van der Waals surface area contributed by atoms with Gasteiger partial charge in [0.25, 0.3) is 0 Å². The molecule has 1 saturated heterocycles. The number of carbonyl (C=O) groups excluding carboxylic acids is 1. The maximum absolute atomic E-state index is 11.9. The van der Waals surface area contributed by atoms with Crippen LogP contribution < -0.4 is 5.32 Å². The number of carbonyl (C=O) groups is 2. The van der Waals surface area contributed by atoms with Crippen molar-refractivity contribution in [1.29, 1.82) is 0 Å². The molecule has 4 aromatic rings. The first-order valence-corrected chi connectivity index (χ1v) is 16.2. The van der Waals surface area contributed by atoms with Gasteiger partial charge in [0, 0.05) is 30.2 Å².